The highest BCUT2D eigenvalue weighted by molar-refractivity contribution is 6.28. The zero-order chi connectivity index (χ0) is 18.1. The standard InChI is InChI=1S/C22H22N2O2/c1-2-22(17-11-9-10-12-17)20(25)23(18-13-5-3-6-14-18)24(21(22)26)19-15-7-4-8-16-19/h3-8,11,13-16H,2,9-10,12H2,1H3. The average molecular weight is 346 g/mol. The van der Waals surface area contributed by atoms with E-state index >= 15 is 0 Å². The van der Waals surface area contributed by atoms with Crippen molar-refractivity contribution in [2.24, 2.45) is 5.41 Å². The van der Waals surface area contributed by atoms with Gasteiger partial charge in [-0.25, -0.2) is 10.0 Å². The molecule has 1 heterocycles. The summed E-state index contributed by atoms with van der Waals surface area (Å²) in [5, 5.41) is 3.11. The van der Waals surface area contributed by atoms with Gasteiger partial charge < -0.3 is 0 Å². The zero-order valence-electron chi connectivity index (χ0n) is 14.9. The second-order valence-corrected chi connectivity index (χ2v) is 6.79. The van der Waals surface area contributed by atoms with Crippen molar-refractivity contribution in [1.29, 1.82) is 0 Å². The molecule has 0 N–H and O–H groups in total. The molecule has 0 radical (unpaired) electrons. The molecular weight excluding hydrogens is 324 g/mol. The van der Waals surface area contributed by atoms with Crippen LogP contribution in [0.3, 0.4) is 0 Å². The molecule has 132 valence electrons. The third kappa shape index (κ3) is 2.29. The third-order valence-corrected chi connectivity index (χ3v) is 5.44. The summed E-state index contributed by atoms with van der Waals surface area (Å²) in [4.78, 5) is 27.3. The largest absolute Gasteiger partial charge is 0.271 e. The quantitative estimate of drug-likeness (QED) is 0.604. The molecule has 0 aromatic heterocycles. The number of benzene rings is 2. The van der Waals surface area contributed by atoms with E-state index in [2.05, 4.69) is 6.08 Å². The van der Waals surface area contributed by atoms with Crippen LogP contribution in [-0.2, 0) is 9.59 Å². The zero-order valence-corrected chi connectivity index (χ0v) is 14.9. The molecule has 0 unspecified atom stereocenters. The maximum absolute atomic E-state index is 13.7. The molecule has 2 aliphatic rings. The monoisotopic (exact) mass is 346 g/mol. The molecule has 0 spiro atoms. The Hall–Kier alpha value is -2.88. The van der Waals surface area contributed by atoms with Gasteiger partial charge in [-0.05, 0) is 55.5 Å². The number of amides is 2. The summed E-state index contributed by atoms with van der Waals surface area (Å²) < 4.78 is 0. The Morgan fingerprint density at radius 3 is 1.73 bits per heavy atom. The first-order valence-electron chi connectivity index (χ1n) is 9.19. The fourth-order valence-electron chi connectivity index (χ4n) is 4.10. The van der Waals surface area contributed by atoms with Gasteiger partial charge in [-0.1, -0.05) is 49.4 Å². The molecule has 1 aliphatic heterocycles. The molecule has 2 amide bonds. The van der Waals surface area contributed by atoms with Gasteiger partial charge in [0.25, 0.3) is 11.8 Å². The van der Waals surface area contributed by atoms with Gasteiger partial charge >= 0.3 is 0 Å². The van der Waals surface area contributed by atoms with E-state index in [0.717, 1.165) is 24.8 Å². The predicted octanol–water partition coefficient (Wildman–Crippen LogP) is 4.49. The minimum absolute atomic E-state index is 0.145. The fraction of sp³-hybridized carbons (Fsp3) is 0.273. The van der Waals surface area contributed by atoms with Crippen molar-refractivity contribution in [3.8, 4) is 0 Å². The number of hydrazine groups is 1. The van der Waals surface area contributed by atoms with Crippen molar-refractivity contribution in [2.45, 2.75) is 32.6 Å². The number of carbonyl (C=O) groups excluding carboxylic acids is 2. The van der Waals surface area contributed by atoms with E-state index in [0.29, 0.717) is 17.8 Å². The Kier molecular flexibility index (Phi) is 4.11. The van der Waals surface area contributed by atoms with Gasteiger partial charge in [-0.3, -0.25) is 9.59 Å². The summed E-state index contributed by atoms with van der Waals surface area (Å²) in [5.74, 6) is -0.290. The first-order valence-corrected chi connectivity index (χ1v) is 9.19. The fourth-order valence-corrected chi connectivity index (χ4v) is 4.10. The Morgan fingerprint density at radius 1 is 0.846 bits per heavy atom. The topological polar surface area (TPSA) is 40.6 Å². The Balaban J connectivity index is 1.90. The van der Waals surface area contributed by atoms with Crippen molar-refractivity contribution >= 4 is 23.2 Å². The van der Waals surface area contributed by atoms with Crippen molar-refractivity contribution < 1.29 is 9.59 Å². The van der Waals surface area contributed by atoms with Crippen LogP contribution in [0.2, 0.25) is 0 Å². The lowest BCUT2D eigenvalue weighted by Crippen LogP contribution is -2.41. The van der Waals surface area contributed by atoms with Gasteiger partial charge in [0, 0.05) is 0 Å². The molecule has 1 fully saturated rings. The normalized spacial score (nSPS) is 19.2. The molecule has 0 atom stereocenters. The summed E-state index contributed by atoms with van der Waals surface area (Å²) >= 11 is 0. The molecule has 1 saturated heterocycles. The van der Waals surface area contributed by atoms with Crippen LogP contribution >= 0.6 is 0 Å². The minimum atomic E-state index is -1.08. The molecular formula is C22H22N2O2. The predicted molar refractivity (Wildman–Crippen MR) is 103 cm³/mol. The van der Waals surface area contributed by atoms with Gasteiger partial charge in [-0.15, -0.1) is 0 Å². The number of nitrogens with zero attached hydrogens (tertiary/aromatic N) is 2. The van der Waals surface area contributed by atoms with Crippen molar-refractivity contribution in [2.75, 3.05) is 10.0 Å². The lowest BCUT2D eigenvalue weighted by Gasteiger charge is -2.27. The van der Waals surface area contributed by atoms with Crippen LogP contribution in [0.5, 0.6) is 0 Å². The van der Waals surface area contributed by atoms with Crippen LogP contribution in [0.15, 0.2) is 72.3 Å². The average Bonchev–Trinajstić information content (AvgIpc) is 3.29. The number of hydrogen-bond acceptors (Lipinski definition) is 2. The molecule has 0 saturated carbocycles. The molecule has 1 aliphatic carbocycles. The number of carbonyl (C=O) groups is 2. The Labute approximate surface area is 153 Å². The van der Waals surface area contributed by atoms with Crippen LogP contribution < -0.4 is 10.0 Å². The number of para-hydroxylation sites is 2. The lowest BCUT2D eigenvalue weighted by molar-refractivity contribution is -0.132. The highest BCUT2D eigenvalue weighted by Crippen LogP contribution is 2.48. The van der Waals surface area contributed by atoms with E-state index in [1.807, 2.05) is 67.6 Å². The highest BCUT2D eigenvalue weighted by atomic mass is 16.2. The smallest absolute Gasteiger partial charge is 0.266 e. The number of allylic oxidation sites excluding steroid dienone is 1. The molecule has 4 nitrogen and oxygen atoms in total. The van der Waals surface area contributed by atoms with Crippen LogP contribution in [0.4, 0.5) is 11.4 Å². The van der Waals surface area contributed by atoms with E-state index in [9.17, 15) is 9.59 Å². The Bertz CT molecular complexity index is 801. The van der Waals surface area contributed by atoms with Crippen LogP contribution in [0.1, 0.15) is 32.6 Å². The molecule has 4 heteroatoms. The number of rotatable bonds is 4. The highest BCUT2D eigenvalue weighted by Gasteiger charge is 2.60. The molecule has 2 aromatic carbocycles. The Morgan fingerprint density at radius 2 is 1.35 bits per heavy atom. The second-order valence-electron chi connectivity index (χ2n) is 6.79. The number of anilines is 2. The summed E-state index contributed by atoms with van der Waals surface area (Å²) in [6.07, 6.45) is 5.33. The van der Waals surface area contributed by atoms with Gasteiger partial charge in [0.05, 0.1) is 11.4 Å². The molecule has 0 bridgehead atoms. The summed E-state index contributed by atoms with van der Waals surface area (Å²) in [6.45, 7) is 1.94. The minimum Gasteiger partial charge on any atom is -0.271 e. The lowest BCUT2D eigenvalue weighted by atomic mass is 9.76. The van der Waals surface area contributed by atoms with E-state index < -0.39 is 5.41 Å². The van der Waals surface area contributed by atoms with E-state index in [-0.39, 0.29) is 11.8 Å². The number of hydrogen-bond donors (Lipinski definition) is 0. The van der Waals surface area contributed by atoms with Crippen LogP contribution in [-0.4, -0.2) is 11.8 Å². The van der Waals surface area contributed by atoms with Gasteiger partial charge in [0.2, 0.25) is 0 Å². The SMILES string of the molecule is CCC1(C2=CCCC2)C(=O)N(c2ccccc2)N(c2ccccc2)C1=O. The van der Waals surface area contributed by atoms with Crippen molar-refractivity contribution in [3.05, 3.63) is 72.3 Å². The van der Waals surface area contributed by atoms with Crippen molar-refractivity contribution in [3.63, 3.8) is 0 Å². The van der Waals surface area contributed by atoms with E-state index in [4.69, 9.17) is 0 Å². The molecule has 26 heavy (non-hydrogen) atoms. The summed E-state index contributed by atoms with van der Waals surface area (Å²) in [5.41, 5.74) is 1.32. The summed E-state index contributed by atoms with van der Waals surface area (Å²) in [7, 11) is 0. The van der Waals surface area contributed by atoms with Gasteiger partial charge in [0.15, 0.2) is 5.41 Å². The third-order valence-electron chi connectivity index (χ3n) is 5.44. The van der Waals surface area contributed by atoms with E-state index in [1.54, 1.807) is 10.0 Å². The first-order chi connectivity index (χ1) is 12.7. The maximum Gasteiger partial charge on any atom is 0.266 e. The van der Waals surface area contributed by atoms with E-state index in [1.165, 1.54) is 0 Å². The van der Waals surface area contributed by atoms with Gasteiger partial charge in [-0.2, -0.15) is 0 Å². The first kappa shape index (κ1) is 16.6. The van der Waals surface area contributed by atoms with Crippen LogP contribution in [0, 0.1) is 5.41 Å². The second kappa shape index (κ2) is 6.45. The van der Waals surface area contributed by atoms with Crippen molar-refractivity contribution in [1.82, 2.24) is 0 Å². The maximum atomic E-state index is 13.7. The molecule has 4 rings (SSSR count). The van der Waals surface area contributed by atoms with Crippen LogP contribution in [0.25, 0.3) is 0 Å². The summed E-state index contributed by atoms with van der Waals surface area (Å²) in [6, 6.07) is 18.8. The molecule has 2 aromatic rings. The van der Waals surface area contributed by atoms with Gasteiger partial charge in [0.1, 0.15) is 0 Å².